The average Bonchev–Trinajstić information content (AvgIpc) is 2.49. The van der Waals surface area contributed by atoms with Crippen LogP contribution in [0.15, 0.2) is 58.3 Å². The van der Waals surface area contributed by atoms with E-state index >= 15 is 0 Å². The van der Waals surface area contributed by atoms with Crippen LogP contribution in [0.5, 0.6) is 0 Å². The molecule has 0 amide bonds. The molecule has 2 aromatic carbocycles. The SMILES string of the molecule is CCCc1ccc(NS(=O)(=O)c2cccc(S(N)(=O)=O)c2)cc1. The molecule has 3 N–H and O–H groups in total. The lowest BCUT2D eigenvalue weighted by Gasteiger charge is -2.09. The summed E-state index contributed by atoms with van der Waals surface area (Å²) in [5, 5.41) is 5.02. The Bertz CT molecular complexity index is 889. The van der Waals surface area contributed by atoms with E-state index in [9.17, 15) is 16.8 Å². The Morgan fingerprint density at radius 3 is 2.13 bits per heavy atom. The van der Waals surface area contributed by atoms with Crippen molar-refractivity contribution in [2.24, 2.45) is 5.14 Å². The molecule has 0 fully saturated rings. The van der Waals surface area contributed by atoms with Crippen LogP contribution < -0.4 is 9.86 Å². The highest BCUT2D eigenvalue weighted by Gasteiger charge is 2.17. The van der Waals surface area contributed by atoms with E-state index in [1.165, 1.54) is 18.2 Å². The van der Waals surface area contributed by atoms with Crippen LogP contribution in [0.4, 0.5) is 5.69 Å². The van der Waals surface area contributed by atoms with Gasteiger partial charge >= 0.3 is 0 Å². The first kappa shape index (κ1) is 17.5. The highest BCUT2D eigenvalue weighted by molar-refractivity contribution is 7.93. The normalized spacial score (nSPS) is 12.1. The molecular weight excluding hydrogens is 336 g/mol. The minimum atomic E-state index is -3.96. The van der Waals surface area contributed by atoms with Crippen molar-refractivity contribution in [2.75, 3.05) is 4.72 Å². The third-order valence-corrected chi connectivity index (χ3v) is 5.48. The van der Waals surface area contributed by atoms with E-state index in [0.29, 0.717) is 5.69 Å². The molecular formula is C15H18N2O4S2. The minimum Gasteiger partial charge on any atom is -0.280 e. The topological polar surface area (TPSA) is 106 Å². The second-order valence-corrected chi connectivity index (χ2v) is 8.32. The number of sulfonamides is 2. The van der Waals surface area contributed by atoms with Crippen LogP contribution in [0.25, 0.3) is 0 Å². The number of aryl methyl sites for hydroxylation is 1. The Balaban J connectivity index is 2.28. The first-order chi connectivity index (χ1) is 10.7. The van der Waals surface area contributed by atoms with E-state index in [0.717, 1.165) is 24.5 Å². The van der Waals surface area contributed by atoms with E-state index in [2.05, 4.69) is 11.6 Å². The fourth-order valence-electron chi connectivity index (χ4n) is 2.06. The summed E-state index contributed by atoms with van der Waals surface area (Å²) in [6.45, 7) is 2.06. The maximum Gasteiger partial charge on any atom is 0.261 e. The monoisotopic (exact) mass is 354 g/mol. The van der Waals surface area contributed by atoms with Crippen molar-refractivity contribution in [3.63, 3.8) is 0 Å². The van der Waals surface area contributed by atoms with Gasteiger partial charge in [0.05, 0.1) is 9.79 Å². The lowest BCUT2D eigenvalue weighted by atomic mass is 10.1. The Labute approximate surface area is 136 Å². The van der Waals surface area contributed by atoms with Gasteiger partial charge in [-0.05, 0) is 42.3 Å². The van der Waals surface area contributed by atoms with Gasteiger partial charge < -0.3 is 0 Å². The number of hydrogen-bond acceptors (Lipinski definition) is 4. The number of benzene rings is 2. The van der Waals surface area contributed by atoms with Gasteiger partial charge in [0, 0.05) is 5.69 Å². The summed E-state index contributed by atoms with van der Waals surface area (Å²) in [4.78, 5) is -0.416. The molecule has 8 heteroatoms. The molecule has 0 bridgehead atoms. The van der Waals surface area contributed by atoms with Crippen LogP contribution in [-0.4, -0.2) is 16.8 Å². The van der Waals surface area contributed by atoms with Gasteiger partial charge in [0.25, 0.3) is 10.0 Å². The second-order valence-electron chi connectivity index (χ2n) is 5.07. The van der Waals surface area contributed by atoms with Gasteiger partial charge in [-0.3, -0.25) is 4.72 Å². The molecule has 124 valence electrons. The van der Waals surface area contributed by atoms with Crippen LogP contribution in [-0.2, 0) is 26.5 Å². The van der Waals surface area contributed by atoms with Crippen LogP contribution in [0.1, 0.15) is 18.9 Å². The summed E-state index contributed by atoms with van der Waals surface area (Å²) >= 11 is 0. The van der Waals surface area contributed by atoms with Gasteiger partial charge in [0.15, 0.2) is 0 Å². The van der Waals surface area contributed by atoms with Crippen LogP contribution in [0.3, 0.4) is 0 Å². The molecule has 0 aliphatic heterocycles. The van der Waals surface area contributed by atoms with E-state index in [4.69, 9.17) is 5.14 Å². The zero-order valence-corrected chi connectivity index (χ0v) is 14.2. The van der Waals surface area contributed by atoms with Crippen molar-refractivity contribution < 1.29 is 16.8 Å². The van der Waals surface area contributed by atoms with Crippen molar-refractivity contribution in [1.82, 2.24) is 0 Å². The molecule has 23 heavy (non-hydrogen) atoms. The fourth-order valence-corrected chi connectivity index (χ4v) is 3.80. The number of hydrogen-bond donors (Lipinski definition) is 2. The first-order valence-electron chi connectivity index (χ1n) is 6.97. The molecule has 0 saturated heterocycles. The van der Waals surface area contributed by atoms with Gasteiger partial charge in [-0.1, -0.05) is 31.5 Å². The van der Waals surface area contributed by atoms with Crippen molar-refractivity contribution in [2.45, 2.75) is 29.6 Å². The fraction of sp³-hybridized carbons (Fsp3) is 0.200. The summed E-state index contributed by atoms with van der Waals surface area (Å²) in [5.41, 5.74) is 1.53. The molecule has 2 aromatic rings. The van der Waals surface area contributed by atoms with E-state index in [1.807, 2.05) is 12.1 Å². The Morgan fingerprint density at radius 1 is 0.957 bits per heavy atom. The van der Waals surface area contributed by atoms with E-state index in [-0.39, 0.29) is 9.79 Å². The quantitative estimate of drug-likeness (QED) is 0.828. The van der Waals surface area contributed by atoms with Crippen LogP contribution in [0, 0.1) is 0 Å². The Hall–Kier alpha value is -1.90. The predicted molar refractivity (Wildman–Crippen MR) is 89.1 cm³/mol. The molecule has 2 rings (SSSR count). The molecule has 0 unspecified atom stereocenters. The maximum atomic E-state index is 12.3. The van der Waals surface area contributed by atoms with Crippen molar-refractivity contribution >= 4 is 25.7 Å². The van der Waals surface area contributed by atoms with Crippen molar-refractivity contribution in [1.29, 1.82) is 0 Å². The average molecular weight is 354 g/mol. The zero-order chi connectivity index (χ0) is 17.1. The number of primary sulfonamides is 1. The van der Waals surface area contributed by atoms with Crippen molar-refractivity contribution in [3.05, 3.63) is 54.1 Å². The summed E-state index contributed by atoms with van der Waals surface area (Å²) in [6, 6.07) is 12.0. The largest absolute Gasteiger partial charge is 0.280 e. The molecule has 0 radical (unpaired) electrons. The second kappa shape index (κ2) is 6.69. The summed E-state index contributed by atoms with van der Waals surface area (Å²) in [5.74, 6) is 0. The van der Waals surface area contributed by atoms with Gasteiger partial charge in [-0.25, -0.2) is 22.0 Å². The lowest BCUT2D eigenvalue weighted by molar-refractivity contribution is 0.597. The molecule has 0 aliphatic rings. The maximum absolute atomic E-state index is 12.3. The van der Waals surface area contributed by atoms with E-state index < -0.39 is 20.0 Å². The highest BCUT2D eigenvalue weighted by atomic mass is 32.2. The molecule has 0 aromatic heterocycles. The Kier molecular flexibility index (Phi) is 5.08. The van der Waals surface area contributed by atoms with Gasteiger partial charge in [0.2, 0.25) is 10.0 Å². The third-order valence-electron chi connectivity index (χ3n) is 3.19. The number of anilines is 1. The molecule has 0 aliphatic carbocycles. The van der Waals surface area contributed by atoms with E-state index in [1.54, 1.807) is 12.1 Å². The number of rotatable bonds is 6. The standard InChI is InChI=1S/C15H18N2O4S2/c1-2-4-12-7-9-13(10-8-12)17-23(20,21)15-6-3-5-14(11-15)22(16,18)19/h3,5-11,17H,2,4H2,1H3,(H2,16,18,19). The summed E-state index contributed by atoms with van der Waals surface area (Å²) in [7, 11) is -7.85. The molecule has 0 heterocycles. The van der Waals surface area contributed by atoms with Crippen LogP contribution >= 0.6 is 0 Å². The number of nitrogens with one attached hydrogen (secondary N) is 1. The molecule has 6 nitrogen and oxygen atoms in total. The minimum absolute atomic E-state index is 0.165. The van der Waals surface area contributed by atoms with Gasteiger partial charge in [-0.2, -0.15) is 0 Å². The Morgan fingerprint density at radius 2 is 1.57 bits per heavy atom. The number of nitrogens with two attached hydrogens (primary N) is 1. The predicted octanol–water partition coefficient (Wildman–Crippen LogP) is 2.09. The summed E-state index contributed by atoms with van der Waals surface area (Å²) in [6.07, 6.45) is 1.93. The molecule has 0 spiro atoms. The third kappa shape index (κ3) is 4.54. The smallest absolute Gasteiger partial charge is 0.261 e. The lowest BCUT2D eigenvalue weighted by Crippen LogP contribution is -2.16. The van der Waals surface area contributed by atoms with Gasteiger partial charge in [-0.15, -0.1) is 0 Å². The highest BCUT2D eigenvalue weighted by Crippen LogP contribution is 2.19. The van der Waals surface area contributed by atoms with Crippen molar-refractivity contribution in [3.8, 4) is 0 Å². The first-order valence-corrected chi connectivity index (χ1v) is 10.00. The summed E-state index contributed by atoms with van der Waals surface area (Å²) < 4.78 is 49.8. The molecule has 0 atom stereocenters. The van der Waals surface area contributed by atoms with Gasteiger partial charge in [0.1, 0.15) is 0 Å². The molecule has 0 saturated carbocycles. The zero-order valence-electron chi connectivity index (χ0n) is 12.6. The van der Waals surface area contributed by atoms with Crippen LogP contribution in [0.2, 0.25) is 0 Å².